The molecule has 2 aromatic carbocycles. The molecule has 0 aliphatic rings. The van der Waals surface area contributed by atoms with Crippen LogP contribution in [0.25, 0.3) is 28.0 Å². The molecule has 0 spiro atoms. The lowest BCUT2D eigenvalue weighted by molar-refractivity contribution is -0.137. The summed E-state index contributed by atoms with van der Waals surface area (Å²) in [6.07, 6.45) is 1.71. The van der Waals surface area contributed by atoms with Crippen molar-refractivity contribution in [3.8, 4) is 22.4 Å². The van der Waals surface area contributed by atoms with Crippen molar-refractivity contribution in [3.63, 3.8) is 0 Å². The van der Waals surface area contributed by atoms with E-state index in [0.717, 1.165) is 35.5 Å². The fourth-order valence-electron chi connectivity index (χ4n) is 3.85. The monoisotopic (exact) mass is 445 g/mol. The van der Waals surface area contributed by atoms with E-state index >= 15 is 0 Å². The normalized spacial score (nSPS) is 11.7. The molecule has 5 aromatic rings. The molecule has 0 unspecified atom stereocenters. The van der Waals surface area contributed by atoms with Gasteiger partial charge >= 0.3 is 6.18 Å². The van der Waals surface area contributed by atoms with Gasteiger partial charge in [-0.25, -0.2) is 4.98 Å². The van der Waals surface area contributed by atoms with E-state index in [1.165, 1.54) is 6.07 Å². The molecule has 0 saturated heterocycles. The minimum atomic E-state index is -4.46. The van der Waals surface area contributed by atoms with Gasteiger partial charge in [-0.3, -0.25) is 9.38 Å². The van der Waals surface area contributed by atoms with Crippen LogP contribution in [0.15, 0.2) is 85.5 Å². The molecule has 0 aliphatic carbocycles. The fraction of sp³-hybridized carbons (Fsp3) is 0.120. The molecule has 5 nitrogen and oxygen atoms in total. The maximum Gasteiger partial charge on any atom is 0.416 e. The number of rotatable bonds is 5. The topological polar surface area (TPSA) is 56.0 Å². The largest absolute Gasteiger partial charge is 0.416 e. The molecule has 0 saturated carbocycles. The number of aryl methyl sites for hydroxylation is 2. The molecule has 0 bridgehead atoms. The van der Waals surface area contributed by atoms with E-state index in [1.54, 1.807) is 41.3 Å². The van der Waals surface area contributed by atoms with Crippen molar-refractivity contribution in [3.05, 3.63) is 102 Å². The van der Waals surface area contributed by atoms with Gasteiger partial charge < -0.3 is 0 Å². The Morgan fingerprint density at radius 3 is 2.36 bits per heavy atom. The third kappa shape index (κ3) is 4.19. The van der Waals surface area contributed by atoms with Gasteiger partial charge in [0.05, 0.1) is 16.8 Å². The first kappa shape index (κ1) is 20.8. The van der Waals surface area contributed by atoms with Gasteiger partial charge in [0.25, 0.3) is 0 Å². The van der Waals surface area contributed by atoms with Crippen molar-refractivity contribution >= 4 is 5.65 Å². The summed E-state index contributed by atoms with van der Waals surface area (Å²) in [4.78, 5) is 8.96. The average molecular weight is 445 g/mol. The molecule has 0 aliphatic heterocycles. The molecule has 0 amide bonds. The predicted octanol–water partition coefficient (Wildman–Crippen LogP) is 5.66. The standard InChI is InChI=1S/C25H18F3N5/c26-25(27,28)20-8-4-7-19(15-20)22-23(18-11-13-29-14-12-18)31-21(33-16-30-32-24(22)33)10-9-17-5-2-1-3-6-17/h1-8,11-16H,9-10H2. The number of aromatic nitrogens is 5. The zero-order valence-corrected chi connectivity index (χ0v) is 17.4. The summed E-state index contributed by atoms with van der Waals surface area (Å²) in [5, 5.41) is 8.31. The zero-order chi connectivity index (χ0) is 22.8. The molecule has 0 radical (unpaired) electrons. The van der Waals surface area contributed by atoms with Gasteiger partial charge in [-0.15, -0.1) is 10.2 Å². The van der Waals surface area contributed by atoms with Gasteiger partial charge in [-0.2, -0.15) is 13.2 Å². The number of alkyl halides is 3. The summed E-state index contributed by atoms with van der Waals surface area (Å²) in [5.74, 6) is 0.724. The molecule has 3 heterocycles. The Kier molecular flexibility index (Phi) is 5.34. The minimum absolute atomic E-state index is 0.372. The van der Waals surface area contributed by atoms with Crippen LogP contribution >= 0.6 is 0 Å². The van der Waals surface area contributed by atoms with Crippen LogP contribution in [0, 0.1) is 0 Å². The lowest BCUT2D eigenvalue weighted by atomic mass is 9.98. The van der Waals surface area contributed by atoms with Crippen molar-refractivity contribution in [2.24, 2.45) is 0 Å². The van der Waals surface area contributed by atoms with E-state index in [2.05, 4.69) is 15.2 Å². The van der Waals surface area contributed by atoms with Gasteiger partial charge in [-0.1, -0.05) is 42.5 Å². The highest BCUT2D eigenvalue weighted by molar-refractivity contribution is 5.90. The Hall–Kier alpha value is -4.07. The summed E-state index contributed by atoms with van der Waals surface area (Å²) in [5.41, 5.74) is 3.04. The van der Waals surface area contributed by atoms with Crippen molar-refractivity contribution in [2.45, 2.75) is 19.0 Å². The molecule has 164 valence electrons. The highest BCUT2D eigenvalue weighted by Gasteiger charge is 2.31. The van der Waals surface area contributed by atoms with E-state index in [0.29, 0.717) is 28.9 Å². The second kappa shape index (κ2) is 8.46. The molecular weight excluding hydrogens is 427 g/mol. The summed E-state index contributed by atoms with van der Waals surface area (Å²) < 4.78 is 42.0. The number of hydrogen-bond donors (Lipinski definition) is 0. The van der Waals surface area contributed by atoms with Crippen molar-refractivity contribution in [2.75, 3.05) is 0 Å². The predicted molar refractivity (Wildman–Crippen MR) is 118 cm³/mol. The number of pyridine rings is 1. The molecule has 0 N–H and O–H groups in total. The summed E-state index contributed by atoms with van der Waals surface area (Å²) in [7, 11) is 0. The SMILES string of the molecule is FC(F)(F)c1cccc(-c2c(-c3ccncc3)nc(CCc3ccccc3)n3cnnc23)c1. The average Bonchev–Trinajstić information content (AvgIpc) is 3.33. The first-order chi connectivity index (χ1) is 16.0. The van der Waals surface area contributed by atoms with Crippen LogP contribution in [0.5, 0.6) is 0 Å². The summed E-state index contributed by atoms with van der Waals surface area (Å²) >= 11 is 0. The van der Waals surface area contributed by atoms with E-state index in [-0.39, 0.29) is 0 Å². The highest BCUT2D eigenvalue weighted by Crippen LogP contribution is 2.37. The molecule has 3 aromatic heterocycles. The quantitative estimate of drug-likeness (QED) is 0.350. The fourth-order valence-corrected chi connectivity index (χ4v) is 3.85. The van der Waals surface area contributed by atoms with Gasteiger partial charge in [0.1, 0.15) is 12.2 Å². The van der Waals surface area contributed by atoms with Crippen molar-refractivity contribution in [1.82, 2.24) is 24.6 Å². The van der Waals surface area contributed by atoms with Gasteiger partial charge in [0.2, 0.25) is 0 Å². The maximum atomic E-state index is 13.4. The molecule has 5 rings (SSSR count). The van der Waals surface area contributed by atoms with Crippen LogP contribution in [-0.2, 0) is 19.0 Å². The number of nitrogens with zero attached hydrogens (tertiary/aromatic N) is 5. The van der Waals surface area contributed by atoms with E-state index in [1.807, 2.05) is 30.3 Å². The van der Waals surface area contributed by atoms with Crippen molar-refractivity contribution in [1.29, 1.82) is 0 Å². The Balaban J connectivity index is 1.70. The van der Waals surface area contributed by atoms with Crippen LogP contribution in [0.4, 0.5) is 13.2 Å². The van der Waals surface area contributed by atoms with E-state index in [4.69, 9.17) is 4.98 Å². The number of fused-ring (bicyclic) bond motifs is 1. The van der Waals surface area contributed by atoms with E-state index < -0.39 is 11.7 Å². The molecule has 33 heavy (non-hydrogen) atoms. The maximum absolute atomic E-state index is 13.4. The van der Waals surface area contributed by atoms with Crippen LogP contribution in [0.2, 0.25) is 0 Å². The Morgan fingerprint density at radius 2 is 1.61 bits per heavy atom. The van der Waals surface area contributed by atoms with Gasteiger partial charge in [0.15, 0.2) is 5.65 Å². The molecule has 0 fully saturated rings. The van der Waals surface area contributed by atoms with Crippen LogP contribution < -0.4 is 0 Å². The van der Waals surface area contributed by atoms with Crippen molar-refractivity contribution < 1.29 is 13.2 Å². The first-order valence-corrected chi connectivity index (χ1v) is 10.4. The number of hydrogen-bond acceptors (Lipinski definition) is 4. The van der Waals surface area contributed by atoms with Crippen LogP contribution in [0.3, 0.4) is 0 Å². The minimum Gasteiger partial charge on any atom is -0.269 e. The number of halogens is 3. The summed E-state index contributed by atoms with van der Waals surface area (Å²) in [6.45, 7) is 0. The smallest absolute Gasteiger partial charge is 0.269 e. The van der Waals surface area contributed by atoms with Crippen LogP contribution in [0.1, 0.15) is 17.0 Å². The first-order valence-electron chi connectivity index (χ1n) is 10.4. The van der Waals surface area contributed by atoms with Gasteiger partial charge in [0, 0.05) is 24.4 Å². The second-order valence-electron chi connectivity index (χ2n) is 7.58. The third-order valence-corrected chi connectivity index (χ3v) is 5.44. The Labute approximate surface area is 187 Å². The zero-order valence-electron chi connectivity index (χ0n) is 17.4. The Morgan fingerprint density at radius 1 is 0.818 bits per heavy atom. The lowest BCUT2D eigenvalue weighted by Gasteiger charge is -2.15. The molecule has 0 atom stereocenters. The third-order valence-electron chi connectivity index (χ3n) is 5.44. The molecule has 8 heteroatoms. The number of benzene rings is 2. The second-order valence-corrected chi connectivity index (χ2v) is 7.58. The Bertz CT molecular complexity index is 1400. The summed E-state index contributed by atoms with van der Waals surface area (Å²) in [6, 6.07) is 18.8. The highest BCUT2D eigenvalue weighted by atomic mass is 19.4. The lowest BCUT2D eigenvalue weighted by Crippen LogP contribution is -2.08. The molecular formula is C25H18F3N5. The van der Waals surface area contributed by atoms with Crippen LogP contribution in [-0.4, -0.2) is 24.6 Å². The van der Waals surface area contributed by atoms with Gasteiger partial charge in [-0.05, 0) is 41.8 Å². The van der Waals surface area contributed by atoms with E-state index in [9.17, 15) is 13.2 Å².